The SMILES string of the molecule is CCCCCCCCCCCC/C=C/CC/C=C/C(O)C(COC1OC(CO)C(OC2OC(CO)C(O)C(O)C2O)C(O)C1O)NC(=O)CCCCCCCCCCCCCCCCCCCCCCCCCCC. The summed E-state index contributed by atoms with van der Waals surface area (Å²) in [6, 6.07) is -0.927. The second-order valence-corrected chi connectivity index (χ2v) is 22.2. The van der Waals surface area contributed by atoms with E-state index in [0.29, 0.717) is 12.8 Å². The van der Waals surface area contributed by atoms with E-state index in [2.05, 4.69) is 31.3 Å². The van der Waals surface area contributed by atoms with Gasteiger partial charge in [-0.15, -0.1) is 0 Å². The molecule has 0 radical (unpaired) electrons. The Morgan fingerprint density at radius 3 is 1.31 bits per heavy atom. The van der Waals surface area contributed by atoms with Crippen LogP contribution in [0.4, 0.5) is 0 Å². The van der Waals surface area contributed by atoms with Crippen LogP contribution in [0.5, 0.6) is 0 Å². The van der Waals surface area contributed by atoms with Gasteiger partial charge in [-0.05, 0) is 32.1 Å². The molecule has 2 rings (SSSR count). The molecule has 2 aliphatic rings. The fourth-order valence-corrected chi connectivity index (χ4v) is 10.4. The van der Waals surface area contributed by atoms with Crippen LogP contribution in [0.25, 0.3) is 0 Å². The molecule has 0 saturated carbocycles. The number of aliphatic hydroxyl groups excluding tert-OH is 8. The summed E-state index contributed by atoms with van der Waals surface area (Å²) < 4.78 is 22.8. The Kier molecular flexibility index (Phi) is 43.9. The molecule has 2 saturated heterocycles. The Hall–Kier alpha value is -1.53. The van der Waals surface area contributed by atoms with E-state index in [4.69, 9.17) is 18.9 Å². The lowest BCUT2D eigenvalue weighted by Crippen LogP contribution is -2.65. The van der Waals surface area contributed by atoms with Gasteiger partial charge in [0.15, 0.2) is 12.6 Å². The molecule has 0 aromatic heterocycles. The Bertz CT molecular complexity index is 1350. The van der Waals surface area contributed by atoms with Crippen LogP contribution in [0.2, 0.25) is 0 Å². The van der Waals surface area contributed by atoms with Gasteiger partial charge >= 0.3 is 0 Å². The van der Waals surface area contributed by atoms with E-state index in [9.17, 15) is 45.6 Å². The number of rotatable bonds is 50. The Morgan fingerprint density at radius 2 is 0.853 bits per heavy atom. The van der Waals surface area contributed by atoms with Gasteiger partial charge in [0.05, 0.1) is 32.0 Å². The number of allylic oxidation sites excluding steroid dienone is 3. The number of carbonyl (C=O) groups is 1. The van der Waals surface area contributed by atoms with Crippen LogP contribution in [-0.2, 0) is 23.7 Å². The summed E-state index contributed by atoms with van der Waals surface area (Å²) >= 11 is 0. The second kappa shape index (κ2) is 47.3. The lowest BCUT2D eigenvalue weighted by molar-refractivity contribution is -0.359. The minimum Gasteiger partial charge on any atom is -0.394 e. The van der Waals surface area contributed by atoms with Crippen molar-refractivity contribution in [1.29, 1.82) is 0 Å². The van der Waals surface area contributed by atoms with Crippen LogP contribution in [0, 0.1) is 0 Å². The topological polar surface area (TPSA) is 228 Å². The molecule has 0 bridgehead atoms. The first kappa shape index (κ1) is 69.6. The first-order valence-corrected chi connectivity index (χ1v) is 31.1. The van der Waals surface area contributed by atoms with E-state index in [-0.39, 0.29) is 18.9 Å². The van der Waals surface area contributed by atoms with Gasteiger partial charge in [0, 0.05) is 6.42 Å². The van der Waals surface area contributed by atoms with E-state index in [1.54, 1.807) is 6.08 Å². The summed E-state index contributed by atoms with van der Waals surface area (Å²) in [6.45, 7) is 2.81. The van der Waals surface area contributed by atoms with Crippen molar-refractivity contribution >= 4 is 5.91 Å². The molecule has 0 aliphatic carbocycles. The molecular weight excluding hydrogens is 955 g/mol. The van der Waals surface area contributed by atoms with E-state index in [1.807, 2.05) is 6.08 Å². The molecule has 14 nitrogen and oxygen atoms in total. The van der Waals surface area contributed by atoms with Crippen molar-refractivity contribution in [2.75, 3.05) is 19.8 Å². The van der Waals surface area contributed by atoms with Crippen LogP contribution in [-0.4, -0.2) is 140 Å². The maximum atomic E-state index is 13.3. The second-order valence-electron chi connectivity index (χ2n) is 22.2. The van der Waals surface area contributed by atoms with Crippen molar-refractivity contribution in [2.24, 2.45) is 0 Å². The molecule has 2 fully saturated rings. The monoisotopic (exact) mass is 1070 g/mol. The predicted molar refractivity (Wildman–Crippen MR) is 300 cm³/mol. The Labute approximate surface area is 456 Å². The zero-order valence-electron chi connectivity index (χ0n) is 47.6. The van der Waals surface area contributed by atoms with Crippen LogP contribution in [0.1, 0.15) is 264 Å². The highest BCUT2D eigenvalue weighted by Crippen LogP contribution is 2.30. The quantitative estimate of drug-likeness (QED) is 0.0204. The van der Waals surface area contributed by atoms with Crippen molar-refractivity contribution in [2.45, 2.75) is 338 Å². The highest BCUT2D eigenvalue weighted by molar-refractivity contribution is 5.76. The van der Waals surface area contributed by atoms with Crippen molar-refractivity contribution < 1.29 is 64.6 Å². The molecule has 0 spiro atoms. The lowest BCUT2D eigenvalue weighted by atomic mass is 9.97. The predicted octanol–water partition coefficient (Wildman–Crippen LogP) is 10.8. The largest absolute Gasteiger partial charge is 0.394 e. The molecule has 2 aliphatic heterocycles. The minimum atomic E-state index is -1.79. The van der Waals surface area contributed by atoms with E-state index in [1.165, 1.54) is 199 Å². The van der Waals surface area contributed by atoms with E-state index < -0.39 is 86.8 Å². The van der Waals surface area contributed by atoms with Crippen molar-refractivity contribution in [3.63, 3.8) is 0 Å². The summed E-state index contributed by atoms with van der Waals surface area (Å²) in [7, 11) is 0. The molecule has 75 heavy (non-hydrogen) atoms. The molecule has 0 aromatic rings. The third kappa shape index (κ3) is 33.0. The molecule has 1 amide bonds. The number of hydrogen-bond donors (Lipinski definition) is 9. The molecule has 9 N–H and O–H groups in total. The highest BCUT2D eigenvalue weighted by atomic mass is 16.7. The van der Waals surface area contributed by atoms with Gasteiger partial charge in [-0.25, -0.2) is 0 Å². The number of carbonyl (C=O) groups excluding carboxylic acids is 1. The maximum absolute atomic E-state index is 13.3. The van der Waals surface area contributed by atoms with Crippen LogP contribution < -0.4 is 5.32 Å². The number of nitrogens with one attached hydrogen (secondary N) is 1. The van der Waals surface area contributed by atoms with Gasteiger partial charge in [-0.3, -0.25) is 4.79 Å². The summed E-state index contributed by atoms with van der Waals surface area (Å²) in [5.41, 5.74) is 0. The molecule has 442 valence electrons. The van der Waals surface area contributed by atoms with Crippen LogP contribution in [0.3, 0.4) is 0 Å². The summed E-state index contributed by atoms with van der Waals surface area (Å²) in [5, 5.41) is 87.1. The Balaban J connectivity index is 1.73. The summed E-state index contributed by atoms with van der Waals surface area (Å²) in [4.78, 5) is 13.3. The summed E-state index contributed by atoms with van der Waals surface area (Å²) in [5.74, 6) is -0.244. The van der Waals surface area contributed by atoms with E-state index in [0.717, 1.165) is 32.1 Å². The fourth-order valence-electron chi connectivity index (χ4n) is 10.4. The van der Waals surface area contributed by atoms with Crippen LogP contribution in [0.15, 0.2) is 24.3 Å². The average Bonchev–Trinajstić information content (AvgIpc) is 3.41. The molecule has 2 heterocycles. The minimum absolute atomic E-state index is 0.244. The van der Waals surface area contributed by atoms with Gasteiger partial charge in [-0.1, -0.05) is 250 Å². The lowest BCUT2D eigenvalue weighted by Gasteiger charge is -2.46. The smallest absolute Gasteiger partial charge is 0.220 e. The third-order valence-corrected chi connectivity index (χ3v) is 15.4. The standard InChI is InChI=1S/C61H115NO13/c1-3-5-7-9-11-13-15-17-19-21-22-23-24-25-26-27-28-29-31-33-35-37-39-41-43-45-53(66)62-49(50(65)44-42-40-38-36-34-32-30-20-18-16-14-12-10-8-6-4-2)48-72-60-58(71)56(69)59(52(47-64)74-60)75-61-57(70)55(68)54(67)51(46-63)73-61/h34,36,42,44,49-52,54-61,63-65,67-71H,3-33,35,37-41,43,45-48H2,1-2H3,(H,62,66)/b36-34+,44-42+. The van der Waals surface area contributed by atoms with Crippen molar-refractivity contribution in [3.8, 4) is 0 Å². The molecule has 12 unspecified atom stereocenters. The highest BCUT2D eigenvalue weighted by Gasteiger charge is 2.51. The number of aliphatic hydroxyl groups is 8. The van der Waals surface area contributed by atoms with Gasteiger partial charge < -0.3 is 65.1 Å². The van der Waals surface area contributed by atoms with Crippen molar-refractivity contribution in [3.05, 3.63) is 24.3 Å². The van der Waals surface area contributed by atoms with E-state index >= 15 is 0 Å². The third-order valence-electron chi connectivity index (χ3n) is 15.4. The van der Waals surface area contributed by atoms with Gasteiger partial charge in [-0.2, -0.15) is 0 Å². The van der Waals surface area contributed by atoms with Gasteiger partial charge in [0.1, 0.15) is 48.8 Å². The first-order chi connectivity index (χ1) is 36.6. The Morgan fingerprint density at radius 1 is 0.467 bits per heavy atom. The zero-order valence-corrected chi connectivity index (χ0v) is 47.6. The van der Waals surface area contributed by atoms with Crippen molar-refractivity contribution in [1.82, 2.24) is 5.32 Å². The number of hydrogen-bond acceptors (Lipinski definition) is 13. The number of ether oxygens (including phenoxy) is 4. The average molecular weight is 1070 g/mol. The molecule has 0 aromatic carbocycles. The summed E-state index contributed by atoms with van der Waals surface area (Å²) in [6.07, 6.45) is 39.4. The van der Waals surface area contributed by atoms with Gasteiger partial charge in [0.2, 0.25) is 5.91 Å². The fraction of sp³-hybridized carbons (Fsp3) is 0.918. The zero-order chi connectivity index (χ0) is 54.6. The van der Waals surface area contributed by atoms with Crippen LogP contribution >= 0.6 is 0 Å². The number of amides is 1. The first-order valence-electron chi connectivity index (χ1n) is 31.1. The number of unbranched alkanes of at least 4 members (excludes halogenated alkanes) is 35. The normalized spacial score (nSPS) is 25.1. The van der Waals surface area contributed by atoms with Gasteiger partial charge in [0.25, 0.3) is 0 Å². The molecule has 12 atom stereocenters. The molecular formula is C61H115NO13. The maximum Gasteiger partial charge on any atom is 0.220 e. The molecule has 14 heteroatoms.